The predicted octanol–water partition coefficient (Wildman–Crippen LogP) is 4.11. The Hall–Kier alpha value is -0.160. The minimum absolute atomic E-state index is 0.00528. The number of methoxy groups -OCH3 is 3. The third kappa shape index (κ3) is 5.51. The van der Waals surface area contributed by atoms with Crippen molar-refractivity contribution in [2.24, 2.45) is 5.41 Å². The molecular formula is C17H36O4. The van der Waals surface area contributed by atoms with Crippen LogP contribution in [0.5, 0.6) is 0 Å². The zero-order valence-corrected chi connectivity index (χ0v) is 14.7. The monoisotopic (exact) mass is 304 g/mol. The Morgan fingerprint density at radius 1 is 0.714 bits per heavy atom. The lowest BCUT2D eigenvalue weighted by molar-refractivity contribution is -0.413. The van der Waals surface area contributed by atoms with Gasteiger partial charge in [-0.15, -0.1) is 0 Å². The summed E-state index contributed by atoms with van der Waals surface area (Å²) in [7, 11) is 4.73. The van der Waals surface area contributed by atoms with Crippen molar-refractivity contribution in [2.45, 2.75) is 77.6 Å². The van der Waals surface area contributed by atoms with E-state index >= 15 is 0 Å². The molecule has 0 aliphatic heterocycles. The van der Waals surface area contributed by atoms with Gasteiger partial charge in [-0.1, -0.05) is 58.8 Å². The molecule has 4 nitrogen and oxygen atoms in total. The Labute approximate surface area is 131 Å². The molecule has 1 atom stereocenters. The van der Waals surface area contributed by atoms with Crippen molar-refractivity contribution in [3.8, 4) is 0 Å². The van der Waals surface area contributed by atoms with Crippen LogP contribution in [0.3, 0.4) is 0 Å². The molecule has 0 radical (unpaired) electrons. The Kier molecular flexibility index (Phi) is 11.3. The van der Waals surface area contributed by atoms with Crippen LogP contribution in [0.15, 0.2) is 0 Å². The first-order valence-electron chi connectivity index (χ1n) is 8.38. The maximum atomic E-state index is 10.0. The van der Waals surface area contributed by atoms with Gasteiger partial charge in [0, 0.05) is 21.3 Å². The summed E-state index contributed by atoms with van der Waals surface area (Å²) in [6.07, 6.45) is 9.96. The number of aliphatic hydroxyl groups is 1. The molecule has 1 N–H and O–H groups in total. The molecule has 0 spiro atoms. The van der Waals surface area contributed by atoms with Gasteiger partial charge in [0.15, 0.2) is 0 Å². The van der Waals surface area contributed by atoms with Gasteiger partial charge in [-0.25, -0.2) is 0 Å². The second-order valence-electron chi connectivity index (χ2n) is 5.87. The van der Waals surface area contributed by atoms with Crippen LogP contribution in [-0.4, -0.2) is 39.0 Å². The zero-order valence-electron chi connectivity index (χ0n) is 14.7. The summed E-state index contributed by atoms with van der Waals surface area (Å²) in [5.41, 5.74) is -0.509. The van der Waals surface area contributed by atoms with E-state index < -0.39 is 11.4 Å². The van der Waals surface area contributed by atoms with Gasteiger partial charge >= 0.3 is 0 Å². The van der Waals surface area contributed by atoms with E-state index in [1.807, 2.05) is 0 Å². The molecule has 0 saturated carbocycles. The molecule has 1 unspecified atom stereocenters. The molecule has 0 aromatic carbocycles. The minimum atomic E-state index is -1.17. The van der Waals surface area contributed by atoms with Gasteiger partial charge in [0.25, 0.3) is 5.97 Å². The van der Waals surface area contributed by atoms with Gasteiger partial charge in [-0.2, -0.15) is 0 Å². The van der Waals surface area contributed by atoms with Gasteiger partial charge in [0.05, 0.1) is 12.0 Å². The summed E-state index contributed by atoms with van der Waals surface area (Å²) in [5.74, 6) is -1.17. The largest absolute Gasteiger partial charge is 0.395 e. The molecule has 0 amide bonds. The molecule has 0 aromatic heterocycles. The smallest absolute Gasteiger partial charge is 0.290 e. The van der Waals surface area contributed by atoms with E-state index in [9.17, 15) is 5.11 Å². The highest BCUT2D eigenvalue weighted by atomic mass is 16.9. The fraction of sp³-hybridized carbons (Fsp3) is 1.00. The van der Waals surface area contributed by atoms with Crippen LogP contribution in [-0.2, 0) is 14.2 Å². The third-order valence-corrected chi connectivity index (χ3v) is 4.50. The second kappa shape index (κ2) is 11.4. The molecular weight excluding hydrogens is 268 g/mol. The SMILES string of the molecule is CCCCCCCCC(CO)(CCC)C(OC)(OC)OC. The second-order valence-corrected chi connectivity index (χ2v) is 5.87. The number of hydrogen-bond donors (Lipinski definition) is 1. The van der Waals surface area contributed by atoms with Gasteiger partial charge in [0.2, 0.25) is 0 Å². The first-order chi connectivity index (χ1) is 10.1. The molecule has 0 heterocycles. The lowest BCUT2D eigenvalue weighted by Gasteiger charge is -2.46. The molecule has 0 aromatic rings. The van der Waals surface area contributed by atoms with Crippen molar-refractivity contribution in [1.82, 2.24) is 0 Å². The predicted molar refractivity (Wildman–Crippen MR) is 86.2 cm³/mol. The Morgan fingerprint density at radius 2 is 1.24 bits per heavy atom. The van der Waals surface area contributed by atoms with E-state index in [1.165, 1.54) is 32.1 Å². The fourth-order valence-electron chi connectivity index (χ4n) is 3.31. The maximum Gasteiger partial charge on any atom is 0.290 e. The highest BCUT2D eigenvalue weighted by Crippen LogP contribution is 2.44. The first-order valence-corrected chi connectivity index (χ1v) is 8.38. The van der Waals surface area contributed by atoms with Crippen molar-refractivity contribution in [1.29, 1.82) is 0 Å². The highest BCUT2D eigenvalue weighted by molar-refractivity contribution is 4.88. The molecule has 0 saturated heterocycles. The Balaban J connectivity index is 4.74. The van der Waals surface area contributed by atoms with E-state index in [1.54, 1.807) is 21.3 Å². The van der Waals surface area contributed by atoms with Gasteiger partial charge in [0.1, 0.15) is 0 Å². The van der Waals surface area contributed by atoms with Gasteiger partial charge < -0.3 is 19.3 Å². The van der Waals surface area contributed by atoms with E-state index in [-0.39, 0.29) is 6.61 Å². The van der Waals surface area contributed by atoms with Crippen LogP contribution >= 0.6 is 0 Å². The van der Waals surface area contributed by atoms with Crippen LogP contribution in [0.25, 0.3) is 0 Å². The lowest BCUT2D eigenvalue weighted by Crippen LogP contribution is -2.55. The van der Waals surface area contributed by atoms with Crippen LogP contribution in [0, 0.1) is 5.41 Å². The molecule has 0 fully saturated rings. The topological polar surface area (TPSA) is 47.9 Å². The average molecular weight is 304 g/mol. The van der Waals surface area contributed by atoms with Crippen LogP contribution < -0.4 is 0 Å². The molecule has 0 aliphatic carbocycles. The summed E-state index contributed by atoms with van der Waals surface area (Å²) >= 11 is 0. The van der Waals surface area contributed by atoms with E-state index in [2.05, 4.69) is 13.8 Å². The summed E-state index contributed by atoms with van der Waals surface area (Å²) in [5, 5.41) is 10.0. The number of hydrogen-bond acceptors (Lipinski definition) is 4. The normalized spacial score (nSPS) is 15.1. The molecule has 0 aliphatic rings. The van der Waals surface area contributed by atoms with Crippen molar-refractivity contribution in [2.75, 3.05) is 27.9 Å². The van der Waals surface area contributed by atoms with E-state index in [0.29, 0.717) is 0 Å². The molecule has 21 heavy (non-hydrogen) atoms. The van der Waals surface area contributed by atoms with Crippen molar-refractivity contribution >= 4 is 0 Å². The van der Waals surface area contributed by atoms with Crippen molar-refractivity contribution in [3.63, 3.8) is 0 Å². The Morgan fingerprint density at radius 3 is 1.67 bits per heavy atom. The summed E-state index contributed by atoms with van der Waals surface area (Å²) in [6, 6.07) is 0. The molecule has 128 valence electrons. The Bertz CT molecular complexity index is 233. The first kappa shape index (κ1) is 20.8. The number of unbranched alkanes of at least 4 members (excludes halogenated alkanes) is 5. The quantitative estimate of drug-likeness (QED) is 0.387. The summed E-state index contributed by atoms with van der Waals surface area (Å²) < 4.78 is 16.6. The maximum absolute atomic E-state index is 10.0. The average Bonchev–Trinajstić information content (AvgIpc) is 2.52. The third-order valence-electron chi connectivity index (χ3n) is 4.50. The van der Waals surface area contributed by atoms with Gasteiger partial charge in [-0.3, -0.25) is 0 Å². The van der Waals surface area contributed by atoms with Crippen molar-refractivity contribution < 1.29 is 19.3 Å². The molecule has 4 heteroatoms. The highest BCUT2D eigenvalue weighted by Gasteiger charge is 2.52. The summed E-state index contributed by atoms with van der Waals surface area (Å²) in [6.45, 7) is 4.34. The lowest BCUT2D eigenvalue weighted by atomic mass is 9.76. The molecule has 0 bridgehead atoms. The minimum Gasteiger partial charge on any atom is -0.395 e. The number of aliphatic hydroxyl groups excluding tert-OH is 1. The van der Waals surface area contributed by atoms with E-state index in [0.717, 1.165) is 25.7 Å². The van der Waals surface area contributed by atoms with Gasteiger partial charge in [-0.05, 0) is 12.8 Å². The standard InChI is InChI=1S/C17H36O4/c1-6-8-9-10-11-12-14-16(15-18,13-7-2)17(19-3,20-4)21-5/h18H,6-15H2,1-5H3. The fourth-order valence-corrected chi connectivity index (χ4v) is 3.31. The van der Waals surface area contributed by atoms with E-state index in [4.69, 9.17) is 14.2 Å². The van der Waals surface area contributed by atoms with Crippen LogP contribution in [0.2, 0.25) is 0 Å². The number of rotatable bonds is 14. The summed E-state index contributed by atoms with van der Waals surface area (Å²) in [4.78, 5) is 0. The van der Waals surface area contributed by atoms with Crippen LogP contribution in [0.1, 0.15) is 71.6 Å². The number of ether oxygens (including phenoxy) is 3. The van der Waals surface area contributed by atoms with Crippen LogP contribution in [0.4, 0.5) is 0 Å². The van der Waals surface area contributed by atoms with Crippen molar-refractivity contribution in [3.05, 3.63) is 0 Å². The molecule has 0 rings (SSSR count). The zero-order chi connectivity index (χ0) is 16.2.